The maximum atomic E-state index is 2.49. The Bertz CT molecular complexity index is 1630. The van der Waals surface area contributed by atoms with Gasteiger partial charge in [-0.3, -0.25) is 0 Å². The van der Waals surface area contributed by atoms with E-state index in [0.717, 1.165) is 0 Å². The van der Waals surface area contributed by atoms with Crippen LogP contribution in [0.3, 0.4) is 0 Å². The topological polar surface area (TPSA) is 4.93 Å². The quantitative estimate of drug-likeness (QED) is 0.238. The van der Waals surface area contributed by atoms with Gasteiger partial charge in [-0.1, -0.05) is 82.3 Å². The Kier molecular flexibility index (Phi) is 3.88. The predicted octanol–water partition coefficient (Wildman–Crippen LogP) is 9.29. The van der Waals surface area contributed by atoms with Crippen molar-refractivity contribution < 1.29 is 0 Å². The second-order valence-electron chi connectivity index (χ2n) is 11.4. The molecular weight excluding hydrogens is 422 g/mol. The molecule has 0 bridgehead atoms. The first-order chi connectivity index (χ1) is 16.7. The molecule has 172 valence electrons. The van der Waals surface area contributed by atoms with Gasteiger partial charge in [0, 0.05) is 27.3 Å². The minimum atomic E-state index is -0.00603. The molecule has 1 heteroatoms. The number of nitrogens with zero attached hydrogens (tertiary/aromatic N) is 1. The van der Waals surface area contributed by atoms with Crippen molar-refractivity contribution in [2.24, 2.45) is 0 Å². The van der Waals surface area contributed by atoms with Gasteiger partial charge >= 0.3 is 0 Å². The Balaban J connectivity index is 1.65. The summed E-state index contributed by atoms with van der Waals surface area (Å²) in [4.78, 5) is 0. The second-order valence-corrected chi connectivity index (χ2v) is 11.4. The zero-order valence-corrected chi connectivity index (χ0v) is 21.5. The van der Waals surface area contributed by atoms with Gasteiger partial charge in [-0.25, -0.2) is 0 Å². The highest BCUT2D eigenvalue weighted by molar-refractivity contribution is 6.14. The van der Waals surface area contributed by atoms with Crippen molar-refractivity contribution in [3.05, 3.63) is 101 Å². The van der Waals surface area contributed by atoms with Crippen LogP contribution in [-0.4, -0.2) is 4.57 Å². The third kappa shape index (κ3) is 2.44. The zero-order valence-electron chi connectivity index (χ0n) is 21.5. The van der Waals surface area contributed by atoms with E-state index < -0.39 is 0 Å². The van der Waals surface area contributed by atoms with Crippen LogP contribution < -0.4 is 0 Å². The fourth-order valence-corrected chi connectivity index (χ4v) is 6.91. The molecule has 0 fully saturated rings. The van der Waals surface area contributed by atoms with Crippen LogP contribution in [0.15, 0.2) is 78.9 Å². The van der Waals surface area contributed by atoms with Crippen LogP contribution in [0.1, 0.15) is 63.8 Å². The Hall–Kier alpha value is -3.58. The Morgan fingerprint density at radius 2 is 1.03 bits per heavy atom. The lowest BCUT2D eigenvalue weighted by molar-refractivity contribution is 0.661. The van der Waals surface area contributed by atoms with Gasteiger partial charge in [0.05, 0.1) is 11.0 Å². The largest absolute Gasteiger partial charge is 0.314 e. The molecule has 0 aliphatic heterocycles. The summed E-state index contributed by atoms with van der Waals surface area (Å²) in [6.45, 7) is 13.9. The van der Waals surface area contributed by atoms with E-state index in [9.17, 15) is 0 Å². The van der Waals surface area contributed by atoms with Crippen molar-refractivity contribution in [1.29, 1.82) is 0 Å². The number of benzene rings is 4. The summed E-state index contributed by atoms with van der Waals surface area (Å²) in [6.07, 6.45) is 2.24. The average molecular weight is 454 g/mol. The molecule has 0 atom stereocenters. The number of rotatable bonds is 1. The lowest BCUT2D eigenvalue weighted by atomic mass is 9.82. The van der Waals surface area contributed by atoms with Crippen LogP contribution in [0.2, 0.25) is 0 Å². The minimum Gasteiger partial charge on any atom is -0.314 e. The van der Waals surface area contributed by atoms with Gasteiger partial charge in [0.2, 0.25) is 0 Å². The van der Waals surface area contributed by atoms with Crippen LogP contribution in [-0.2, 0) is 10.8 Å². The van der Waals surface area contributed by atoms with Crippen molar-refractivity contribution in [2.75, 3.05) is 0 Å². The maximum absolute atomic E-state index is 2.49. The molecule has 1 nitrogen and oxygen atoms in total. The maximum Gasteiger partial charge on any atom is 0.0541 e. The van der Waals surface area contributed by atoms with Crippen LogP contribution in [0.5, 0.6) is 0 Å². The molecule has 0 amide bonds. The van der Waals surface area contributed by atoms with E-state index in [2.05, 4.69) is 125 Å². The molecule has 0 saturated heterocycles. The summed E-state index contributed by atoms with van der Waals surface area (Å²) >= 11 is 0. The first kappa shape index (κ1) is 20.8. The van der Waals surface area contributed by atoms with Crippen molar-refractivity contribution in [3.8, 4) is 22.3 Å². The average Bonchev–Trinajstić information content (AvgIpc) is 3.38. The summed E-state index contributed by atoms with van der Waals surface area (Å²) in [5.41, 5.74) is 15.1. The van der Waals surface area contributed by atoms with E-state index in [0.29, 0.717) is 0 Å². The third-order valence-corrected chi connectivity index (χ3v) is 8.94. The molecule has 0 spiro atoms. The SMILES string of the molecule is CC=C(C)n1c2cc3c(cc2c2cc4c(cc21)C(C)(C)c1ccccc1-4)-c1ccccc1C3(C)C. The monoisotopic (exact) mass is 453 g/mol. The van der Waals surface area contributed by atoms with Crippen molar-refractivity contribution in [1.82, 2.24) is 4.57 Å². The van der Waals surface area contributed by atoms with Gasteiger partial charge in [0.25, 0.3) is 0 Å². The number of allylic oxidation sites excluding steroid dienone is 2. The lowest BCUT2D eigenvalue weighted by Gasteiger charge is -2.22. The van der Waals surface area contributed by atoms with Crippen molar-refractivity contribution >= 4 is 27.5 Å². The molecule has 7 rings (SSSR count). The van der Waals surface area contributed by atoms with Gasteiger partial charge < -0.3 is 4.57 Å². The smallest absolute Gasteiger partial charge is 0.0541 e. The zero-order chi connectivity index (χ0) is 24.3. The molecule has 4 aromatic carbocycles. The Labute approximate surface area is 207 Å². The van der Waals surface area contributed by atoms with Crippen LogP contribution in [0, 0.1) is 0 Å². The normalized spacial score (nSPS) is 16.9. The fraction of sp³-hybridized carbons (Fsp3) is 0.235. The molecule has 0 saturated carbocycles. The standard InChI is InChI=1S/C34H31N/c1-7-20(2)35-31-18-29-23(21-12-8-10-14-27(21)33(29,3)4)16-25(31)26-17-24-22-13-9-11-15-28(22)34(5,6)30(24)19-32(26)35/h7-19H,1-6H3. The van der Waals surface area contributed by atoms with Crippen LogP contribution in [0.4, 0.5) is 0 Å². The number of aromatic nitrogens is 1. The van der Waals surface area contributed by atoms with E-state index >= 15 is 0 Å². The van der Waals surface area contributed by atoms with Gasteiger partial charge in [-0.2, -0.15) is 0 Å². The minimum absolute atomic E-state index is 0.00603. The van der Waals surface area contributed by atoms with Gasteiger partial charge in [-0.05, 0) is 82.6 Å². The fourth-order valence-electron chi connectivity index (χ4n) is 6.91. The lowest BCUT2D eigenvalue weighted by Crippen LogP contribution is -2.15. The first-order valence-corrected chi connectivity index (χ1v) is 12.8. The molecule has 5 aromatic rings. The molecular formula is C34H31N. The Morgan fingerprint density at radius 1 is 0.600 bits per heavy atom. The Morgan fingerprint density at radius 3 is 1.46 bits per heavy atom. The summed E-state index contributed by atoms with van der Waals surface area (Å²) in [7, 11) is 0. The molecule has 1 aromatic heterocycles. The molecule has 2 aliphatic carbocycles. The summed E-state index contributed by atoms with van der Waals surface area (Å²) < 4.78 is 2.49. The first-order valence-electron chi connectivity index (χ1n) is 12.8. The van der Waals surface area contributed by atoms with Crippen LogP contribution >= 0.6 is 0 Å². The number of fused-ring (bicyclic) bond motifs is 9. The molecule has 35 heavy (non-hydrogen) atoms. The highest BCUT2D eigenvalue weighted by Gasteiger charge is 2.38. The number of hydrogen-bond donors (Lipinski definition) is 0. The molecule has 0 N–H and O–H groups in total. The summed E-state index contributed by atoms with van der Waals surface area (Å²) in [5, 5.41) is 2.69. The van der Waals surface area contributed by atoms with Gasteiger partial charge in [0.1, 0.15) is 0 Å². The molecule has 0 unspecified atom stereocenters. The summed E-state index contributed by atoms with van der Waals surface area (Å²) in [6, 6.07) is 27.8. The van der Waals surface area contributed by atoms with Gasteiger partial charge in [0.15, 0.2) is 0 Å². The van der Waals surface area contributed by atoms with E-state index in [1.54, 1.807) is 0 Å². The van der Waals surface area contributed by atoms with E-state index in [1.165, 1.54) is 72.0 Å². The third-order valence-electron chi connectivity index (χ3n) is 8.94. The highest BCUT2D eigenvalue weighted by atomic mass is 15.0. The van der Waals surface area contributed by atoms with Crippen LogP contribution in [0.25, 0.3) is 49.8 Å². The van der Waals surface area contributed by atoms with Crippen molar-refractivity contribution in [3.63, 3.8) is 0 Å². The second kappa shape index (κ2) is 6.55. The van der Waals surface area contributed by atoms with E-state index in [-0.39, 0.29) is 10.8 Å². The summed E-state index contributed by atoms with van der Waals surface area (Å²) in [5.74, 6) is 0. The van der Waals surface area contributed by atoms with Crippen molar-refractivity contribution in [2.45, 2.75) is 52.4 Å². The predicted molar refractivity (Wildman–Crippen MR) is 150 cm³/mol. The van der Waals surface area contributed by atoms with Gasteiger partial charge in [-0.15, -0.1) is 0 Å². The number of hydrogen-bond acceptors (Lipinski definition) is 0. The highest BCUT2D eigenvalue weighted by Crippen LogP contribution is 2.53. The molecule has 0 radical (unpaired) electrons. The molecule has 2 aliphatic rings. The molecule has 1 heterocycles. The van der Waals surface area contributed by atoms with E-state index in [1.807, 2.05) is 0 Å². The van der Waals surface area contributed by atoms with E-state index in [4.69, 9.17) is 0 Å².